The zero-order valence-corrected chi connectivity index (χ0v) is 12.7. The lowest BCUT2D eigenvalue weighted by Crippen LogP contribution is -2.15. The topological polar surface area (TPSA) is 94.6 Å². The molecule has 1 aromatic rings. The van der Waals surface area contributed by atoms with Crippen LogP contribution in [0.15, 0.2) is 40.0 Å². The molecule has 0 aliphatic carbocycles. The van der Waals surface area contributed by atoms with Crippen molar-refractivity contribution < 1.29 is 26.4 Å². The molecule has 0 saturated heterocycles. The summed E-state index contributed by atoms with van der Waals surface area (Å²) >= 11 is 5.62. The van der Waals surface area contributed by atoms with Crippen molar-refractivity contribution in [3.05, 3.63) is 40.1 Å². The molecule has 0 bridgehead atoms. The number of carbonyl (C=O) groups is 1. The monoisotopic (exact) mass is 338 g/mol. The van der Waals surface area contributed by atoms with Crippen molar-refractivity contribution in [2.45, 2.75) is 4.90 Å². The molecule has 0 aliphatic heterocycles. The first-order valence-corrected chi connectivity index (χ1v) is 8.78. The van der Waals surface area contributed by atoms with Crippen molar-refractivity contribution in [1.29, 1.82) is 0 Å². The highest BCUT2D eigenvalue weighted by Gasteiger charge is 2.16. The molecular formula is C11H11ClO6S2. The lowest BCUT2D eigenvalue weighted by atomic mass is 10.4. The highest BCUT2D eigenvalue weighted by Crippen LogP contribution is 2.16. The van der Waals surface area contributed by atoms with E-state index in [1.54, 1.807) is 0 Å². The minimum atomic E-state index is -4.00. The van der Waals surface area contributed by atoms with Crippen LogP contribution in [0.25, 0.3) is 0 Å². The van der Waals surface area contributed by atoms with E-state index in [9.17, 15) is 21.6 Å². The van der Waals surface area contributed by atoms with E-state index in [2.05, 4.69) is 4.74 Å². The summed E-state index contributed by atoms with van der Waals surface area (Å²) in [4.78, 5) is 10.8. The molecule has 1 aromatic carbocycles. The van der Waals surface area contributed by atoms with E-state index in [0.717, 1.165) is 7.11 Å². The highest BCUT2D eigenvalue weighted by molar-refractivity contribution is 7.98. The summed E-state index contributed by atoms with van der Waals surface area (Å²) in [6.45, 7) is 0. The number of hydrogen-bond acceptors (Lipinski definition) is 6. The van der Waals surface area contributed by atoms with Gasteiger partial charge < -0.3 is 4.74 Å². The maximum atomic E-state index is 11.8. The molecule has 0 amide bonds. The van der Waals surface area contributed by atoms with Gasteiger partial charge in [0, 0.05) is 15.8 Å². The van der Waals surface area contributed by atoms with Crippen LogP contribution in [-0.2, 0) is 29.2 Å². The fourth-order valence-corrected chi connectivity index (χ4v) is 3.74. The van der Waals surface area contributed by atoms with E-state index in [0.29, 0.717) is 15.8 Å². The number of sulfone groups is 2. The van der Waals surface area contributed by atoms with E-state index in [-0.39, 0.29) is 4.90 Å². The Balaban J connectivity index is 2.99. The van der Waals surface area contributed by atoms with Crippen LogP contribution in [0.3, 0.4) is 0 Å². The first-order valence-electron chi connectivity index (χ1n) is 5.14. The fraction of sp³-hybridized carbons (Fsp3) is 0.182. The summed E-state index contributed by atoms with van der Waals surface area (Å²) in [7, 11) is -6.89. The Kier molecular flexibility index (Phi) is 5.32. The molecule has 20 heavy (non-hydrogen) atoms. The Morgan fingerprint density at radius 1 is 1.15 bits per heavy atom. The van der Waals surface area contributed by atoms with Gasteiger partial charge in [-0.05, 0) is 24.3 Å². The molecule has 0 radical (unpaired) electrons. The molecule has 0 aromatic heterocycles. The van der Waals surface area contributed by atoms with Gasteiger partial charge in [-0.2, -0.15) is 0 Å². The molecule has 0 fully saturated rings. The zero-order chi connectivity index (χ0) is 15.4. The Morgan fingerprint density at radius 2 is 1.70 bits per heavy atom. The van der Waals surface area contributed by atoms with E-state index < -0.39 is 31.4 Å². The molecule has 6 nitrogen and oxygen atoms in total. The molecular weight excluding hydrogens is 328 g/mol. The van der Waals surface area contributed by atoms with Crippen LogP contribution >= 0.6 is 11.6 Å². The van der Waals surface area contributed by atoms with Crippen molar-refractivity contribution in [3.63, 3.8) is 0 Å². The summed E-state index contributed by atoms with van der Waals surface area (Å²) in [5.41, 5.74) is 0. The third kappa shape index (κ3) is 4.95. The largest absolute Gasteiger partial charge is 0.468 e. The first kappa shape index (κ1) is 16.7. The van der Waals surface area contributed by atoms with Gasteiger partial charge in [0.15, 0.2) is 15.6 Å². The second-order valence-corrected chi connectivity index (χ2v) is 7.81. The number of carbonyl (C=O) groups excluding carboxylic acids is 1. The summed E-state index contributed by atoms with van der Waals surface area (Å²) in [5.74, 6) is -1.89. The zero-order valence-electron chi connectivity index (χ0n) is 10.3. The molecule has 0 atom stereocenters. The van der Waals surface area contributed by atoms with Crippen LogP contribution in [0.4, 0.5) is 0 Å². The molecule has 110 valence electrons. The van der Waals surface area contributed by atoms with E-state index >= 15 is 0 Å². The SMILES string of the molecule is COC(=O)CS(=O)(=O)/C=C/S(=O)(=O)c1ccc(Cl)cc1. The van der Waals surface area contributed by atoms with E-state index in [4.69, 9.17) is 11.6 Å². The first-order chi connectivity index (χ1) is 9.16. The fourth-order valence-electron chi connectivity index (χ4n) is 1.13. The van der Waals surface area contributed by atoms with Crippen molar-refractivity contribution in [3.8, 4) is 0 Å². The number of hydrogen-bond donors (Lipinski definition) is 0. The maximum Gasteiger partial charge on any atom is 0.321 e. The third-order valence-electron chi connectivity index (χ3n) is 2.13. The molecule has 9 heteroatoms. The number of esters is 1. The van der Waals surface area contributed by atoms with Crippen molar-refractivity contribution in [2.24, 2.45) is 0 Å². The predicted molar refractivity (Wildman–Crippen MR) is 73.6 cm³/mol. The van der Waals surface area contributed by atoms with Crippen LogP contribution in [0.2, 0.25) is 5.02 Å². The average Bonchev–Trinajstić information content (AvgIpc) is 2.37. The van der Waals surface area contributed by atoms with E-state index in [1.807, 2.05) is 0 Å². The van der Waals surface area contributed by atoms with Gasteiger partial charge in [0.25, 0.3) is 0 Å². The number of methoxy groups -OCH3 is 1. The Bertz CT molecular complexity index is 717. The normalized spacial score (nSPS) is 12.5. The van der Waals surface area contributed by atoms with Crippen LogP contribution in [0.1, 0.15) is 0 Å². The molecule has 0 aliphatic rings. The molecule has 0 saturated carbocycles. The minimum absolute atomic E-state index is 0.105. The van der Waals surface area contributed by atoms with Crippen LogP contribution < -0.4 is 0 Å². The Morgan fingerprint density at radius 3 is 2.20 bits per heavy atom. The predicted octanol–water partition coefficient (Wildman–Crippen LogP) is 1.17. The highest BCUT2D eigenvalue weighted by atomic mass is 35.5. The molecule has 0 unspecified atom stereocenters. The summed E-state index contributed by atoms with van der Waals surface area (Å²) < 4.78 is 50.8. The molecule has 0 spiro atoms. The Labute approximate surface area is 121 Å². The van der Waals surface area contributed by atoms with Crippen LogP contribution in [0, 0.1) is 0 Å². The Hall–Kier alpha value is -1.38. The van der Waals surface area contributed by atoms with Gasteiger partial charge in [0.05, 0.1) is 12.0 Å². The van der Waals surface area contributed by atoms with Gasteiger partial charge >= 0.3 is 5.97 Å². The average molecular weight is 339 g/mol. The van der Waals surface area contributed by atoms with Crippen LogP contribution in [0.5, 0.6) is 0 Å². The second-order valence-electron chi connectivity index (χ2n) is 3.65. The summed E-state index contributed by atoms with van der Waals surface area (Å²) in [6.07, 6.45) is 0. The molecule has 0 N–H and O–H groups in total. The number of halogens is 1. The number of rotatable bonds is 5. The molecule has 1 rings (SSSR count). The smallest absolute Gasteiger partial charge is 0.321 e. The standard InChI is InChI=1S/C11H11ClO6S2/c1-18-11(13)8-19(14,15)6-7-20(16,17)10-4-2-9(12)3-5-10/h2-7H,8H2,1H3/b7-6+. The lowest BCUT2D eigenvalue weighted by Gasteiger charge is -2.00. The second kappa shape index (κ2) is 6.38. The van der Waals surface area contributed by atoms with Gasteiger partial charge in [-0.3, -0.25) is 4.79 Å². The van der Waals surface area contributed by atoms with Gasteiger partial charge in [0.1, 0.15) is 0 Å². The van der Waals surface area contributed by atoms with Gasteiger partial charge in [-0.25, -0.2) is 16.8 Å². The van der Waals surface area contributed by atoms with Gasteiger partial charge in [-0.15, -0.1) is 0 Å². The van der Waals surface area contributed by atoms with Crippen molar-refractivity contribution in [2.75, 3.05) is 12.9 Å². The lowest BCUT2D eigenvalue weighted by molar-refractivity contribution is -0.137. The van der Waals surface area contributed by atoms with Crippen LogP contribution in [-0.4, -0.2) is 35.7 Å². The minimum Gasteiger partial charge on any atom is -0.468 e. The van der Waals surface area contributed by atoms with Crippen molar-refractivity contribution >= 4 is 37.2 Å². The van der Waals surface area contributed by atoms with E-state index in [1.165, 1.54) is 24.3 Å². The number of ether oxygens (including phenoxy) is 1. The quantitative estimate of drug-likeness (QED) is 0.748. The third-order valence-corrected chi connectivity index (χ3v) is 5.17. The maximum absolute atomic E-state index is 11.8. The van der Waals surface area contributed by atoms with Crippen molar-refractivity contribution in [1.82, 2.24) is 0 Å². The summed E-state index contributed by atoms with van der Waals surface area (Å²) in [5, 5.41) is 1.34. The summed E-state index contributed by atoms with van der Waals surface area (Å²) in [6, 6.07) is 5.22. The number of benzene rings is 1. The molecule has 0 heterocycles. The van der Waals surface area contributed by atoms with Gasteiger partial charge in [0.2, 0.25) is 9.84 Å². The van der Waals surface area contributed by atoms with Gasteiger partial charge in [-0.1, -0.05) is 11.6 Å².